The predicted molar refractivity (Wildman–Crippen MR) is 52.6 cm³/mol. The Bertz CT molecular complexity index is 204. The van der Waals surface area contributed by atoms with E-state index in [1.54, 1.807) is 0 Å². The molecule has 0 saturated carbocycles. The normalized spacial score (nSPS) is 21.6. The zero-order valence-corrected chi connectivity index (χ0v) is 8.86. The number of hydrogen-bond donors (Lipinski definition) is 1. The molecular weight excluding hydrogens is 148 g/mol. The first-order valence-corrected chi connectivity index (χ1v) is 4.78. The molecule has 0 radical (unpaired) electrons. The van der Waals surface area contributed by atoms with Gasteiger partial charge in [0.15, 0.2) is 0 Å². The minimum atomic E-state index is 0.115. The first-order valence-electron chi connectivity index (χ1n) is 4.78. The second kappa shape index (κ2) is 3.00. The zero-order chi connectivity index (χ0) is 9.35. The third-order valence-electron chi connectivity index (χ3n) is 2.64. The van der Waals surface area contributed by atoms with Crippen LogP contribution in [0.3, 0.4) is 0 Å². The second-order valence-electron chi connectivity index (χ2n) is 3.85. The van der Waals surface area contributed by atoms with E-state index in [1.165, 1.54) is 11.4 Å². The van der Waals surface area contributed by atoms with Crippen LogP contribution in [0.25, 0.3) is 0 Å². The van der Waals surface area contributed by atoms with E-state index in [1.807, 2.05) is 0 Å². The first kappa shape index (κ1) is 9.43. The molecule has 0 aromatic heterocycles. The molecular formula is C10H20N2. The molecule has 0 saturated heterocycles. The molecule has 0 atom stereocenters. The highest BCUT2D eigenvalue weighted by Gasteiger charge is 2.32. The summed E-state index contributed by atoms with van der Waals surface area (Å²) < 4.78 is 0. The Morgan fingerprint density at radius 2 is 1.92 bits per heavy atom. The van der Waals surface area contributed by atoms with E-state index < -0.39 is 0 Å². The lowest BCUT2D eigenvalue weighted by Gasteiger charge is -2.34. The van der Waals surface area contributed by atoms with E-state index in [2.05, 4.69) is 44.8 Å². The average Bonchev–Trinajstić information content (AvgIpc) is 2.21. The number of allylic oxidation sites excluding steroid dienone is 2. The van der Waals surface area contributed by atoms with Crippen LogP contribution in [0.5, 0.6) is 0 Å². The van der Waals surface area contributed by atoms with Crippen molar-refractivity contribution >= 4 is 0 Å². The quantitative estimate of drug-likeness (QED) is 0.680. The Morgan fingerprint density at radius 1 is 1.33 bits per heavy atom. The van der Waals surface area contributed by atoms with Crippen molar-refractivity contribution in [3.05, 3.63) is 11.4 Å². The Kier molecular flexibility index (Phi) is 2.36. The number of nitrogens with one attached hydrogen (secondary N) is 1. The lowest BCUT2D eigenvalue weighted by atomic mass is 10.2. The van der Waals surface area contributed by atoms with Crippen molar-refractivity contribution in [3.8, 4) is 0 Å². The summed E-state index contributed by atoms with van der Waals surface area (Å²) >= 11 is 0. The molecule has 2 heteroatoms. The van der Waals surface area contributed by atoms with Crippen LogP contribution in [0.4, 0.5) is 0 Å². The maximum absolute atomic E-state index is 3.54. The van der Waals surface area contributed by atoms with Gasteiger partial charge in [0, 0.05) is 17.9 Å². The molecule has 70 valence electrons. The van der Waals surface area contributed by atoms with Crippen LogP contribution in [-0.4, -0.2) is 17.1 Å². The maximum Gasteiger partial charge on any atom is 0.104 e. The van der Waals surface area contributed by atoms with Crippen molar-refractivity contribution in [1.29, 1.82) is 0 Å². The molecule has 0 fully saturated rings. The van der Waals surface area contributed by atoms with E-state index in [4.69, 9.17) is 0 Å². The number of nitrogens with zero attached hydrogens (tertiary/aromatic N) is 1. The summed E-state index contributed by atoms with van der Waals surface area (Å²) in [6.07, 6.45) is 1.10. The SMILES string of the molecule is CCC1=C(C)N(CC)C(C)(C)N1. The van der Waals surface area contributed by atoms with E-state index in [-0.39, 0.29) is 5.66 Å². The van der Waals surface area contributed by atoms with Crippen LogP contribution in [0.15, 0.2) is 11.4 Å². The maximum atomic E-state index is 3.54. The molecule has 0 aromatic rings. The van der Waals surface area contributed by atoms with Crippen LogP contribution < -0.4 is 5.32 Å². The minimum Gasteiger partial charge on any atom is -0.365 e. The molecule has 0 spiro atoms. The fourth-order valence-corrected chi connectivity index (χ4v) is 2.09. The molecule has 1 aliphatic rings. The van der Waals surface area contributed by atoms with Gasteiger partial charge in [-0.3, -0.25) is 0 Å². The van der Waals surface area contributed by atoms with Crippen LogP contribution in [0.2, 0.25) is 0 Å². The van der Waals surface area contributed by atoms with Crippen LogP contribution in [0, 0.1) is 0 Å². The third kappa shape index (κ3) is 1.30. The summed E-state index contributed by atoms with van der Waals surface area (Å²) in [4.78, 5) is 2.41. The van der Waals surface area contributed by atoms with Gasteiger partial charge < -0.3 is 10.2 Å². The molecule has 0 aromatic carbocycles. The number of hydrogen-bond acceptors (Lipinski definition) is 2. The van der Waals surface area contributed by atoms with Crippen LogP contribution in [-0.2, 0) is 0 Å². The minimum absolute atomic E-state index is 0.115. The van der Waals surface area contributed by atoms with Gasteiger partial charge in [-0.2, -0.15) is 0 Å². The van der Waals surface area contributed by atoms with Gasteiger partial charge >= 0.3 is 0 Å². The molecule has 1 heterocycles. The molecule has 12 heavy (non-hydrogen) atoms. The highest BCUT2D eigenvalue weighted by molar-refractivity contribution is 5.19. The highest BCUT2D eigenvalue weighted by Crippen LogP contribution is 2.28. The highest BCUT2D eigenvalue weighted by atomic mass is 15.4. The topological polar surface area (TPSA) is 15.3 Å². The Morgan fingerprint density at radius 3 is 2.17 bits per heavy atom. The molecule has 0 amide bonds. The molecule has 1 aliphatic heterocycles. The van der Waals surface area contributed by atoms with Gasteiger partial charge in [-0.25, -0.2) is 0 Å². The van der Waals surface area contributed by atoms with E-state index in [9.17, 15) is 0 Å². The van der Waals surface area contributed by atoms with Crippen molar-refractivity contribution in [2.75, 3.05) is 6.54 Å². The largest absolute Gasteiger partial charge is 0.365 e. The van der Waals surface area contributed by atoms with E-state index in [0.717, 1.165) is 13.0 Å². The molecule has 2 nitrogen and oxygen atoms in total. The second-order valence-corrected chi connectivity index (χ2v) is 3.85. The smallest absolute Gasteiger partial charge is 0.104 e. The Balaban J connectivity index is 2.88. The van der Waals surface area contributed by atoms with Crippen molar-refractivity contribution in [3.63, 3.8) is 0 Å². The predicted octanol–water partition coefficient (Wildman–Crippen LogP) is 2.29. The van der Waals surface area contributed by atoms with Gasteiger partial charge in [0.25, 0.3) is 0 Å². The van der Waals surface area contributed by atoms with E-state index >= 15 is 0 Å². The van der Waals surface area contributed by atoms with Gasteiger partial charge in [0.05, 0.1) is 0 Å². The van der Waals surface area contributed by atoms with Crippen molar-refractivity contribution in [1.82, 2.24) is 10.2 Å². The Hall–Kier alpha value is -0.660. The standard InChI is InChI=1S/C10H20N2/c1-6-9-8(3)12(7-2)10(4,5)11-9/h11H,6-7H2,1-5H3. The summed E-state index contributed by atoms with van der Waals surface area (Å²) in [7, 11) is 0. The molecule has 0 aliphatic carbocycles. The van der Waals surface area contributed by atoms with Crippen LogP contribution in [0.1, 0.15) is 41.0 Å². The zero-order valence-electron chi connectivity index (χ0n) is 8.86. The molecule has 1 N–H and O–H groups in total. The van der Waals surface area contributed by atoms with Crippen molar-refractivity contribution < 1.29 is 0 Å². The summed E-state index contributed by atoms with van der Waals surface area (Å²) in [6, 6.07) is 0. The summed E-state index contributed by atoms with van der Waals surface area (Å²) in [6.45, 7) is 12.1. The summed E-state index contributed by atoms with van der Waals surface area (Å²) in [5.41, 5.74) is 2.91. The van der Waals surface area contributed by atoms with Gasteiger partial charge in [0.2, 0.25) is 0 Å². The molecule has 1 rings (SSSR count). The lowest BCUT2D eigenvalue weighted by molar-refractivity contribution is 0.178. The van der Waals surface area contributed by atoms with Crippen molar-refractivity contribution in [2.45, 2.75) is 46.7 Å². The lowest BCUT2D eigenvalue weighted by Crippen LogP contribution is -2.46. The first-order chi connectivity index (χ1) is 5.53. The summed E-state index contributed by atoms with van der Waals surface area (Å²) in [5, 5.41) is 3.54. The monoisotopic (exact) mass is 168 g/mol. The fourth-order valence-electron chi connectivity index (χ4n) is 2.09. The molecule has 0 unspecified atom stereocenters. The van der Waals surface area contributed by atoms with E-state index in [0.29, 0.717) is 0 Å². The molecule has 0 bridgehead atoms. The van der Waals surface area contributed by atoms with Gasteiger partial charge in [-0.1, -0.05) is 6.92 Å². The third-order valence-corrected chi connectivity index (χ3v) is 2.64. The van der Waals surface area contributed by atoms with Gasteiger partial charge in [-0.15, -0.1) is 0 Å². The Labute approximate surface area is 75.6 Å². The average molecular weight is 168 g/mol. The van der Waals surface area contributed by atoms with Gasteiger partial charge in [-0.05, 0) is 34.1 Å². The van der Waals surface area contributed by atoms with Gasteiger partial charge in [0.1, 0.15) is 5.66 Å². The van der Waals surface area contributed by atoms with Crippen molar-refractivity contribution in [2.24, 2.45) is 0 Å². The number of rotatable bonds is 2. The summed E-state index contributed by atoms with van der Waals surface area (Å²) in [5.74, 6) is 0. The van der Waals surface area contributed by atoms with Crippen LogP contribution >= 0.6 is 0 Å². The fraction of sp³-hybridized carbons (Fsp3) is 0.800.